The third-order valence-corrected chi connectivity index (χ3v) is 7.80. The van der Waals surface area contributed by atoms with Gasteiger partial charge in [0, 0.05) is 12.5 Å². The summed E-state index contributed by atoms with van der Waals surface area (Å²) in [5, 5.41) is -0.316. The molecule has 0 radical (unpaired) electrons. The number of esters is 4. The molecule has 50 heavy (non-hydrogen) atoms. The highest BCUT2D eigenvalue weighted by atomic mass is 16.6. The van der Waals surface area contributed by atoms with E-state index in [4.69, 9.17) is 18.9 Å². The second kappa shape index (κ2) is 18.0. The SMILES string of the molecule is C=CC(=O)OCCOC(=O)CCC(=O)OCC(CC(C)C)n1c(=O)c2cc3c(=O)n(C(COC(=O)CCC=O)CC(C)C)c(=O)c3cc2c1=O. The minimum Gasteiger partial charge on any atom is -0.463 e. The summed E-state index contributed by atoms with van der Waals surface area (Å²) in [6.07, 6.45) is 1.28. The van der Waals surface area contributed by atoms with E-state index in [9.17, 15) is 43.2 Å². The van der Waals surface area contributed by atoms with Crippen LogP contribution in [0.5, 0.6) is 0 Å². The quantitative estimate of drug-likeness (QED) is 0.0547. The number of rotatable bonds is 20. The Kier molecular flexibility index (Phi) is 14.1. The summed E-state index contributed by atoms with van der Waals surface area (Å²) >= 11 is 0. The molecule has 2 heterocycles. The number of ether oxygens (including phenoxy) is 4. The van der Waals surface area contributed by atoms with E-state index in [-0.39, 0.29) is 91.9 Å². The molecule has 3 aromatic rings. The highest BCUT2D eigenvalue weighted by Gasteiger charge is 2.28. The minimum absolute atomic E-state index is 0.00103. The Labute approximate surface area is 286 Å². The maximum atomic E-state index is 13.7. The first-order valence-electron chi connectivity index (χ1n) is 16.3. The maximum Gasteiger partial charge on any atom is 0.330 e. The van der Waals surface area contributed by atoms with Crippen molar-refractivity contribution in [3.8, 4) is 0 Å². The molecular weight excluding hydrogens is 656 g/mol. The summed E-state index contributed by atoms with van der Waals surface area (Å²) in [4.78, 5) is 113. The number of carbonyl (C=O) groups is 5. The fourth-order valence-corrected chi connectivity index (χ4v) is 5.59. The van der Waals surface area contributed by atoms with Gasteiger partial charge in [-0.15, -0.1) is 0 Å². The summed E-state index contributed by atoms with van der Waals surface area (Å²) < 4.78 is 22.1. The Bertz CT molecular complexity index is 1860. The Hall–Kier alpha value is -5.21. The van der Waals surface area contributed by atoms with Gasteiger partial charge in [-0.1, -0.05) is 34.3 Å². The van der Waals surface area contributed by atoms with Crippen LogP contribution in [0.4, 0.5) is 0 Å². The second-order valence-electron chi connectivity index (χ2n) is 12.6. The van der Waals surface area contributed by atoms with Gasteiger partial charge >= 0.3 is 23.9 Å². The molecule has 0 spiro atoms. The Morgan fingerprint density at radius 2 is 1.02 bits per heavy atom. The zero-order valence-electron chi connectivity index (χ0n) is 28.6. The van der Waals surface area contributed by atoms with Crippen LogP contribution in [0.15, 0.2) is 44.0 Å². The molecule has 2 unspecified atom stereocenters. The fraction of sp³-hybridized carbons (Fsp3) is 0.514. The highest BCUT2D eigenvalue weighted by Crippen LogP contribution is 2.22. The Morgan fingerprint density at radius 3 is 1.40 bits per heavy atom. The van der Waals surface area contributed by atoms with E-state index in [1.54, 1.807) is 0 Å². The van der Waals surface area contributed by atoms with Crippen LogP contribution in [-0.2, 0) is 42.9 Å². The van der Waals surface area contributed by atoms with Gasteiger partial charge in [0.1, 0.15) is 32.7 Å². The summed E-state index contributed by atoms with van der Waals surface area (Å²) in [7, 11) is 0. The summed E-state index contributed by atoms with van der Waals surface area (Å²) in [5.41, 5.74) is -2.86. The minimum atomic E-state index is -0.889. The molecular formula is C35H42N2O13. The van der Waals surface area contributed by atoms with E-state index < -0.39 is 58.2 Å². The summed E-state index contributed by atoms with van der Waals surface area (Å²) in [5.74, 6) is -2.86. The van der Waals surface area contributed by atoms with Gasteiger partial charge in [0.25, 0.3) is 22.2 Å². The standard InChI is InChI=1S/C35H42N2O13/c1-6-28(39)47-12-13-48-30(41)9-10-31(42)50-19-23(15-21(4)5)37-34(45)26-16-24-25(17-27(26)35(37)46)33(44)36(32(24)43)22(14-20(2)3)18-49-29(40)8-7-11-38/h6,11,16-17,20-23H,1,7-10,12-15,18-19H2,2-5H3. The monoisotopic (exact) mass is 698 g/mol. The predicted molar refractivity (Wildman–Crippen MR) is 180 cm³/mol. The van der Waals surface area contributed by atoms with Crippen LogP contribution in [0.2, 0.25) is 0 Å². The molecule has 0 fully saturated rings. The number of hydrogen-bond acceptors (Lipinski definition) is 13. The zero-order chi connectivity index (χ0) is 37.1. The largest absolute Gasteiger partial charge is 0.463 e. The predicted octanol–water partition coefficient (Wildman–Crippen LogP) is 2.20. The number of aldehydes is 1. The molecule has 15 heteroatoms. The van der Waals surface area contributed by atoms with Crippen molar-refractivity contribution in [1.82, 2.24) is 9.13 Å². The van der Waals surface area contributed by atoms with Crippen molar-refractivity contribution in [2.75, 3.05) is 26.4 Å². The lowest BCUT2D eigenvalue weighted by atomic mass is 10.0. The van der Waals surface area contributed by atoms with Gasteiger partial charge in [-0.25, -0.2) is 4.79 Å². The second-order valence-corrected chi connectivity index (χ2v) is 12.6. The lowest BCUT2D eigenvalue weighted by Crippen LogP contribution is -2.34. The van der Waals surface area contributed by atoms with Gasteiger partial charge in [-0.05, 0) is 36.8 Å². The lowest BCUT2D eigenvalue weighted by Gasteiger charge is -2.19. The number of fused-ring (bicyclic) bond motifs is 2. The van der Waals surface area contributed by atoms with Gasteiger partial charge in [0.15, 0.2) is 0 Å². The first kappa shape index (κ1) is 39.2. The molecule has 0 amide bonds. The van der Waals surface area contributed by atoms with Crippen molar-refractivity contribution in [1.29, 1.82) is 0 Å². The molecule has 0 aliphatic heterocycles. The summed E-state index contributed by atoms with van der Waals surface area (Å²) in [6, 6.07) is 0.723. The van der Waals surface area contributed by atoms with Crippen molar-refractivity contribution < 1.29 is 42.9 Å². The van der Waals surface area contributed by atoms with Gasteiger partial charge in [-0.2, -0.15) is 0 Å². The average Bonchev–Trinajstić information content (AvgIpc) is 3.46. The molecule has 2 atom stereocenters. The maximum absolute atomic E-state index is 13.7. The molecule has 15 nitrogen and oxygen atoms in total. The normalized spacial score (nSPS) is 12.6. The molecule has 2 aromatic heterocycles. The van der Waals surface area contributed by atoms with Crippen LogP contribution in [-0.4, -0.2) is 65.7 Å². The van der Waals surface area contributed by atoms with E-state index >= 15 is 0 Å². The molecule has 0 bridgehead atoms. The topological polar surface area (TPSA) is 200 Å². The van der Waals surface area contributed by atoms with Crippen LogP contribution < -0.4 is 22.2 Å². The van der Waals surface area contributed by atoms with Gasteiger partial charge < -0.3 is 23.7 Å². The van der Waals surface area contributed by atoms with Crippen molar-refractivity contribution in [3.63, 3.8) is 0 Å². The zero-order valence-corrected chi connectivity index (χ0v) is 28.6. The third kappa shape index (κ3) is 9.92. The third-order valence-electron chi connectivity index (χ3n) is 7.80. The Balaban J connectivity index is 1.86. The fourth-order valence-electron chi connectivity index (χ4n) is 5.59. The van der Waals surface area contributed by atoms with E-state index in [0.29, 0.717) is 12.7 Å². The van der Waals surface area contributed by atoms with Crippen LogP contribution in [0, 0.1) is 11.8 Å². The first-order valence-corrected chi connectivity index (χ1v) is 16.3. The van der Waals surface area contributed by atoms with Crippen molar-refractivity contribution in [3.05, 3.63) is 66.2 Å². The smallest absolute Gasteiger partial charge is 0.330 e. The molecule has 1 aromatic carbocycles. The van der Waals surface area contributed by atoms with Crippen molar-refractivity contribution in [2.24, 2.45) is 11.8 Å². The van der Waals surface area contributed by atoms with E-state index in [1.807, 2.05) is 27.7 Å². The number of benzene rings is 1. The average molecular weight is 699 g/mol. The first-order chi connectivity index (χ1) is 23.7. The van der Waals surface area contributed by atoms with E-state index in [0.717, 1.165) is 15.2 Å². The summed E-state index contributed by atoms with van der Waals surface area (Å²) in [6.45, 7) is 9.65. The van der Waals surface area contributed by atoms with Gasteiger partial charge in [0.2, 0.25) is 0 Å². The van der Waals surface area contributed by atoms with Crippen LogP contribution in [0.3, 0.4) is 0 Å². The number of nitrogens with zero attached hydrogens (tertiary/aromatic N) is 2. The molecule has 270 valence electrons. The lowest BCUT2D eigenvalue weighted by molar-refractivity contribution is -0.153. The molecule has 3 rings (SSSR count). The highest BCUT2D eigenvalue weighted by molar-refractivity contribution is 5.98. The van der Waals surface area contributed by atoms with E-state index in [2.05, 4.69) is 6.58 Å². The van der Waals surface area contributed by atoms with Crippen LogP contribution >= 0.6 is 0 Å². The molecule has 0 aliphatic rings. The number of aromatic nitrogens is 2. The van der Waals surface area contributed by atoms with Crippen molar-refractivity contribution in [2.45, 2.75) is 78.3 Å². The van der Waals surface area contributed by atoms with Gasteiger partial charge in [-0.3, -0.25) is 42.7 Å². The molecule has 0 saturated heterocycles. The van der Waals surface area contributed by atoms with Crippen molar-refractivity contribution >= 4 is 51.7 Å². The number of carbonyl (C=O) groups excluding carboxylic acids is 5. The van der Waals surface area contributed by atoms with Gasteiger partial charge in [0.05, 0.1) is 52.9 Å². The molecule has 0 N–H and O–H groups in total. The van der Waals surface area contributed by atoms with E-state index in [1.165, 1.54) is 12.1 Å². The molecule has 0 saturated carbocycles. The van der Waals surface area contributed by atoms with Crippen LogP contribution in [0.1, 0.15) is 78.3 Å². The number of hydrogen-bond donors (Lipinski definition) is 0. The molecule has 0 aliphatic carbocycles. The Morgan fingerprint density at radius 1 is 0.640 bits per heavy atom. The van der Waals surface area contributed by atoms with Crippen LogP contribution in [0.25, 0.3) is 21.5 Å².